The molecule has 0 aliphatic carbocycles. The molecule has 1 unspecified atom stereocenters. The lowest BCUT2D eigenvalue weighted by molar-refractivity contribution is -0.117. The van der Waals surface area contributed by atoms with Crippen molar-refractivity contribution in [3.05, 3.63) is 65.7 Å². The van der Waals surface area contributed by atoms with Gasteiger partial charge in [-0.1, -0.05) is 42.5 Å². The van der Waals surface area contributed by atoms with E-state index in [1.165, 1.54) is 30.2 Å². The van der Waals surface area contributed by atoms with Crippen LogP contribution in [0.1, 0.15) is 11.1 Å². The first-order valence-corrected chi connectivity index (χ1v) is 10.4. The Bertz CT molecular complexity index is 684. The number of carbonyl (C=O) groups excluding carboxylic acids is 1. The fraction of sp³-hybridized carbons (Fsp3) is 0.381. The van der Waals surface area contributed by atoms with Crippen molar-refractivity contribution in [3.8, 4) is 0 Å². The summed E-state index contributed by atoms with van der Waals surface area (Å²) in [5.74, 6) is 2.34. The van der Waals surface area contributed by atoms with E-state index < -0.39 is 6.04 Å². The Labute approximate surface area is 160 Å². The van der Waals surface area contributed by atoms with E-state index >= 15 is 0 Å². The van der Waals surface area contributed by atoms with Crippen LogP contribution in [0.4, 0.5) is 5.69 Å². The van der Waals surface area contributed by atoms with Crippen LogP contribution in [0.2, 0.25) is 0 Å². The van der Waals surface area contributed by atoms with Crippen molar-refractivity contribution in [3.63, 3.8) is 0 Å². The lowest BCUT2D eigenvalue weighted by atomic mass is 10.1. The molecule has 2 aromatic rings. The molecule has 1 heterocycles. The second-order valence-electron chi connectivity index (χ2n) is 6.69. The Kier molecular flexibility index (Phi) is 7.12. The maximum absolute atomic E-state index is 12.3. The zero-order valence-electron chi connectivity index (χ0n) is 15.1. The van der Waals surface area contributed by atoms with Crippen molar-refractivity contribution in [2.75, 3.05) is 36.5 Å². The molecule has 0 saturated carbocycles. The van der Waals surface area contributed by atoms with Crippen molar-refractivity contribution in [1.29, 1.82) is 0 Å². The lowest BCUT2D eigenvalue weighted by Crippen LogP contribution is -2.37. The van der Waals surface area contributed by atoms with Gasteiger partial charge in [-0.05, 0) is 36.1 Å². The SMILES string of the molecule is NC(Cc1ccccc1)C(=O)Nc1ccc(CCN2CCSCC2)cc1. The molecule has 0 bridgehead atoms. The van der Waals surface area contributed by atoms with Gasteiger partial charge >= 0.3 is 0 Å². The van der Waals surface area contributed by atoms with Crippen molar-refractivity contribution >= 4 is 23.4 Å². The standard InChI is InChI=1S/C21H27N3OS/c22-20(16-18-4-2-1-3-5-18)21(25)23-19-8-6-17(7-9-19)10-11-24-12-14-26-15-13-24/h1-9,20H,10-16,22H2,(H,23,25). The number of hydrogen-bond donors (Lipinski definition) is 2. The first-order chi connectivity index (χ1) is 12.7. The normalized spacial score (nSPS) is 16.2. The van der Waals surface area contributed by atoms with Crippen LogP contribution in [-0.2, 0) is 17.6 Å². The molecule has 5 heteroatoms. The predicted molar refractivity (Wildman–Crippen MR) is 111 cm³/mol. The Balaban J connectivity index is 1.46. The Morgan fingerprint density at radius 3 is 2.42 bits per heavy atom. The summed E-state index contributed by atoms with van der Waals surface area (Å²) in [5, 5.41) is 2.92. The van der Waals surface area contributed by atoms with Gasteiger partial charge in [0.25, 0.3) is 0 Å². The molecule has 0 radical (unpaired) electrons. The van der Waals surface area contributed by atoms with Crippen LogP contribution in [0.3, 0.4) is 0 Å². The highest BCUT2D eigenvalue weighted by atomic mass is 32.2. The minimum absolute atomic E-state index is 0.146. The van der Waals surface area contributed by atoms with Crippen LogP contribution in [0.5, 0.6) is 0 Å². The van der Waals surface area contributed by atoms with Crippen LogP contribution in [0, 0.1) is 0 Å². The van der Waals surface area contributed by atoms with Gasteiger partial charge in [0, 0.05) is 36.8 Å². The van der Waals surface area contributed by atoms with E-state index in [1.807, 2.05) is 54.2 Å². The van der Waals surface area contributed by atoms with Gasteiger partial charge in [0.15, 0.2) is 0 Å². The number of nitrogens with zero attached hydrogens (tertiary/aromatic N) is 1. The fourth-order valence-electron chi connectivity index (χ4n) is 3.06. The summed E-state index contributed by atoms with van der Waals surface area (Å²) in [6, 6.07) is 17.4. The summed E-state index contributed by atoms with van der Waals surface area (Å²) >= 11 is 2.04. The van der Waals surface area contributed by atoms with Crippen LogP contribution in [0.25, 0.3) is 0 Å². The molecule has 0 aromatic heterocycles. The summed E-state index contributed by atoms with van der Waals surface area (Å²) in [6.07, 6.45) is 1.59. The van der Waals surface area contributed by atoms with Gasteiger partial charge in [-0.15, -0.1) is 0 Å². The van der Waals surface area contributed by atoms with Crippen molar-refractivity contribution in [2.45, 2.75) is 18.9 Å². The average Bonchev–Trinajstić information content (AvgIpc) is 2.69. The van der Waals surface area contributed by atoms with Gasteiger partial charge in [0.05, 0.1) is 6.04 Å². The molecule has 4 nitrogen and oxygen atoms in total. The molecular weight excluding hydrogens is 342 g/mol. The minimum Gasteiger partial charge on any atom is -0.325 e. The van der Waals surface area contributed by atoms with E-state index in [9.17, 15) is 4.79 Å². The number of carbonyl (C=O) groups is 1. The monoisotopic (exact) mass is 369 g/mol. The first-order valence-electron chi connectivity index (χ1n) is 9.20. The molecule has 1 atom stereocenters. The molecule has 138 valence electrons. The summed E-state index contributed by atoms with van der Waals surface area (Å²) in [5.41, 5.74) is 9.21. The Hall–Kier alpha value is -1.82. The van der Waals surface area contributed by atoms with Crippen LogP contribution >= 0.6 is 11.8 Å². The summed E-state index contributed by atoms with van der Waals surface area (Å²) in [7, 11) is 0. The number of nitrogens with two attached hydrogens (primary N) is 1. The van der Waals surface area contributed by atoms with Gasteiger partial charge in [-0.25, -0.2) is 0 Å². The molecule has 2 aromatic carbocycles. The quantitative estimate of drug-likeness (QED) is 0.788. The van der Waals surface area contributed by atoms with Gasteiger partial charge in [0.2, 0.25) is 5.91 Å². The largest absolute Gasteiger partial charge is 0.325 e. The fourth-order valence-corrected chi connectivity index (χ4v) is 4.04. The second kappa shape index (κ2) is 9.76. The number of benzene rings is 2. The van der Waals surface area contributed by atoms with Crippen molar-refractivity contribution in [1.82, 2.24) is 4.90 Å². The topological polar surface area (TPSA) is 58.4 Å². The van der Waals surface area contributed by atoms with E-state index in [0.717, 1.165) is 24.2 Å². The molecule has 1 aliphatic rings. The van der Waals surface area contributed by atoms with E-state index in [2.05, 4.69) is 22.3 Å². The molecule has 1 saturated heterocycles. The number of nitrogens with one attached hydrogen (secondary N) is 1. The minimum atomic E-state index is -0.547. The van der Waals surface area contributed by atoms with E-state index in [1.54, 1.807) is 0 Å². The van der Waals surface area contributed by atoms with Gasteiger partial charge < -0.3 is 16.0 Å². The lowest BCUT2D eigenvalue weighted by Gasteiger charge is -2.26. The first kappa shape index (κ1) is 19.0. The maximum atomic E-state index is 12.3. The number of rotatable bonds is 7. The molecule has 1 aliphatic heterocycles. The van der Waals surface area contributed by atoms with Gasteiger partial charge in [-0.3, -0.25) is 4.79 Å². The molecular formula is C21H27N3OS. The molecule has 1 amide bonds. The van der Waals surface area contributed by atoms with Crippen LogP contribution in [0.15, 0.2) is 54.6 Å². The number of hydrogen-bond acceptors (Lipinski definition) is 4. The highest BCUT2D eigenvalue weighted by Gasteiger charge is 2.14. The van der Waals surface area contributed by atoms with Crippen molar-refractivity contribution in [2.24, 2.45) is 5.73 Å². The second-order valence-corrected chi connectivity index (χ2v) is 7.91. The molecule has 3 N–H and O–H groups in total. The molecule has 26 heavy (non-hydrogen) atoms. The third-order valence-electron chi connectivity index (χ3n) is 4.68. The zero-order valence-corrected chi connectivity index (χ0v) is 15.9. The molecule has 3 rings (SSSR count). The smallest absolute Gasteiger partial charge is 0.241 e. The van der Waals surface area contributed by atoms with E-state index in [-0.39, 0.29) is 5.91 Å². The summed E-state index contributed by atoms with van der Waals surface area (Å²) < 4.78 is 0. The number of thioether (sulfide) groups is 1. The average molecular weight is 370 g/mol. The van der Waals surface area contributed by atoms with E-state index in [4.69, 9.17) is 5.73 Å². The molecule has 1 fully saturated rings. The van der Waals surface area contributed by atoms with Gasteiger partial charge in [0.1, 0.15) is 0 Å². The van der Waals surface area contributed by atoms with E-state index in [0.29, 0.717) is 6.42 Å². The Morgan fingerprint density at radius 1 is 1.04 bits per heavy atom. The van der Waals surface area contributed by atoms with Crippen LogP contribution in [-0.4, -0.2) is 48.0 Å². The number of anilines is 1. The summed E-state index contributed by atoms with van der Waals surface area (Å²) in [6.45, 7) is 3.49. The van der Waals surface area contributed by atoms with Crippen LogP contribution < -0.4 is 11.1 Å². The summed E-state index contributed by atoms with van der Waals surface area (Å²) in [4.78, 5) is 14.8. The Morgan fingerprint density at radius 2 is 1.73 bits per heavy atom. The third-order valence-corrected chi connectivity index (χ3v) is 5.62. The highest BCUT2D eigenvalue weighted by molar-refractivity contribution is 7.99. The molecule has 0 spiro atoms. The maximum Gasteiger partial charge on any atom is 0.241 e. The van der Waals surface area contributed by atoms with Gasteiger partial charge in [-0.2, -0.15) is 11.8 Å². The predicted octanol–water partition coefficient (Wildman–Crippen LogP) is 2.79. The third kappa shape index (κ3) is 5.87. The zero-order chi connectivity index (χ0) is 18.2. The van der Waals surface area contributed by atoms with Crippen molar-refractivity contribution < 1.29 is 4.79 Å². The number of amides is 1. The highest BCUT2D eigenvalue weighted by Crippen LogP contribution is 2.13.